The first kappa shape index (κ1) is 20.0. The molecule has 1 fully saturated rings. The molecule has 0 radical (unpaired) electrons. The number of fused-ring (bicyclic) bond motifs is 1. The largest absolute Gasteiger partial charge is 0.493 e. The summed E-state index contributed by atoms with van der Waals surface area (Å²) in [6.45, 7) is 10.7. The fourth-order valence-corrected chi connectivity index (χ4v) is 5.06. The van der Waals surface area contributed by atoms with Gasteiger partial charge in [-0.25, -0.2) is 4.98 Å². The Morgan fingerprint density at radius 2 is 1.79 bits per heavy atom. The molecule has 1 aromatic heterocycles. The number of hydrogen-bond acceptors (Lipinski definition) is 4. The van der Waals surface area contributed by atoms with Gasteiger partial charge in [0.1, 0.15) is 50.0 Å². The van der Waals surface area contributed by atoms with Gasteiger partial charge in [-0.15, -0.1) is 11.3 Å². The van der Waals surface area contributed by atoms with Crippen LogP contribution in [0.3, 0.4) is 0 Å². The molecule has 0 atom stereocenters. The Balaban J connectivity index is 1.37. The molecule has 2 heterocycles. The highest BCUT2D eigenvalue weighted by molar-refractivity contribution is 7.18. The van der Waals surface area contributed by atoms with E-state index in [-0.39, 0.29) is 5.78 Å². The number of ketones is 1. The van der Waals surface area contributed by atoms with Crippen molar-refractivity contribution in [3.05, 3.63) is 58.6 Å². The predicted octanol–water partition coefficient (Wildman–Crippen LogP) is 1.38. The zero-order valence-electron chi connectivity index (χ0n) is 17.2. The van der Waals surface area contributed by atoms with E-state index in [1.165, 1.54) is 9.71 Å². The van der Waals surface area contributed by atoms with Crippen LogP contribution >= 0.6 is 11.3 Å². The third-order valence-electron chi connectivity index (χ3n) is 5.61. The van der Waals surface area contributed by atoms with E-state index in [0.717, 1.165) is 61.7 Å². The summed E-state index contributed by atoms with van der Waals surface area (Å²) in [5, 5.41) is 1.23. The Labute approximate surface area is 175 Å². The van der Waals surface area contributed by atoms with E-state index in [1.54, 1.807) is 16.7 Å². The Kier molecular flexibility index (Phi) is 6.23. The Bertz CT molecular complexity index is 960. The fourth-order valence-electron chi connectivity index (χ4n) is 4.02. The number of para-hydroxylation sites is 1. The summed E-state index contributed by atoms with van der Waals surface area (Å²) >= 11 is 1.82. The molecule has 152 valence electrons. The van der Waals surface area contributed by atoms with Crippen LogP contribution in [-0.4, -0.2) is 43.6 Å². The van der Waals surface area contributed by atoms with Gasteiger partial charge in [-0.3, -0.25) is 4.79 Å². The second-order valence-corrected chi connectivity index (χ2v) is 8.86. The van der Waals surface area contributed by atoms with Crippen molar-refractivity contribution in [1.82, 2.24) is 4.98 Å². The summed E-state index contributed by atoms with van der Waals surface area (Å²) in [7, 11) is 0. The molecule has 0 saturated carbocycles. The SMILES string of the molecule is CCOc1ccc(C(C)=O)cc1C[NH+]1CC[NH+](Cc2nc3ccccc3s2)CC1. The lowest BCUT2D eigenvalue weighted by Gasteiger charge is -2.29. The zero-order valence-corrected chi connectivity index (χ0v) is 18.0. The molecule has 1 saturated heterocycles. The normalized spacial score (nSPS) is 19.4. The zero-order chi connectivity index (χ0) is 20.2. The molecule has 0 spiro atoms. The van der Waals surface area contributed by atoms with Crippen molar-refractivity contribution in [1.29, 1.82) is 0 Å². The smallest absolute Gasteiger partial charge is 0.159 e. The van der Waals surface area contributed by atoms with Crippen molar-refractivity contribution in [2.75, 3.05) is 32.8 Å². The van der Waals surface area contributed by atoms with Crippen molar-refractivity contribution in [3.8, 4) is 5.75 Å². The van der Waals surface area contributed by atoms with Gasteiger partial charge in [0.05, 0.1) is 16.8 Å². The van der Waals surface area contributed by atoms with E-state index in [4.69, 9.17) is 9.72 Å². The second-order valence-electron chi connectivity index (χ2n) is 7.74. The van der Waals surface area contributed by atoms with Gasteiger partial charge in [0.2, 0.25) is 0 Å². The van der Waals surface area contributed by atoms with E-state index < -0.39 is 0 Å². The average Bonchev–Trinajstić information content (AvgIpc) is 3.13. The van der Waals surface area contributed by atoms with Gasteiger partial charge < -0.3 is 14.5 Å². The molecular formula is C23H29N3O2S+2. The highest BCUT2D eigenvalue weighted by atomic mass is 32.1. The minimum atomic E-state index is 0.106. The summed E-state index contributed by atoms with van der Waals surface area (Å²) in [5.74, 6) is 1.02. The van der Waals surface area contributed by atoms with Crippen LogP contribution in [0.15, 0.2) is 42.5 Å². The summed E-state index contributed by atoms with van der Waals surface area (Å²) < 4.78 is 7.08. The number of rotatable bonds is 7. The molecule has 2 N–H and O–H groups in total. The molecule has 6 heteroatoms. The van der Waals surface area contributed by atoms with Crippen LogP contribution < -0.4 is 14.5 Å². The van der Waals surface area contributed by atoms with E-state index in [0.29, 0.717) is 6.61 Å². The number of hydrogen-bond donors (Lipinski definition) is 2. The van der Waals surface area contributed by atoms with Gasteiger partial charge in [0.15, 0.2) is 5.78 Å². The molecule has 29 heavy (non-hydrogen) atoms. The number of carbonyl (C=O) groups is 1. The number of carbonyl (C=O) groups excluding carboxylic acids is 1. The van der Waals surface area contributed by atoms with Crippen molar-refractivity contribution in [2.24, 2.45) is 0 Å². The lowest BCUT2D eigenvalue weighted by atomic mass is 10.1. The topological polar surface area (TPSA) is 48.1 Å². The van der Waals surface area contributed by atoms with E-state index >= 15 is 0 Å². The third-order valence-corrected chi connectivity index (χ3v) is 6.65. The lowest BCUT2D eigenvalue weighted by molar-refractivity contribution is -1.02. The van der Waals surface area contributed by atoms with Crippen molar-refractivity contribution >= 4 is 27.3 Å². The van der Waals surface area contributed by atoms with Crippen LogP contribution in [0.2, 0.25) is 0 Å². The van der Waals surface area contributed by atoms with Gasteiger partial charge in [0, 0.05) is 11.1 Å². The number of quaternary nitrogens is 2. The van der Waals surface area contributed by atoms with Crippen LogP contribution in [0, 0.1) is 0 Å². The number of ether oxygens (including phenoxy) is 1. The molecule has 0 amide bonds. The number of thiazole rings is 1. The molecule has 5 nitrogen and oxygen atoms in total. The number of aromatic nitrogens is 1. The number of nitrogens with one attached hydrogen (secondary N) is 2. The number of Topliss-reactive ketones (excluding diaryl/α,β-unsaturated/α-hetero) is 1. The van der Waals surface area contributed by atoms with Gasteiger partial charge in [-0.2, -0.15) is 0 Å². The maximum absolute atomic E-state index is 11.8. The summed E-state index contributed by atoms with van der Waals surface area (Å²) in [4.78, 5) is 19.7. The summed E-state index contributed by atoms with van der Waals surface area (Å²) in [5.41, 5.74) is 3.03. The molecule has 0 aliphatic carbocycles. The molecule has 1 aliphatic rings. The van der Waals surface area contributed by atoms with Crippen molar-refractivity contribution < 1.29 is 19.3 Å². The highest BCUT2D eigenvalue weighted by Crippen LogP contribution is 2.21. The van der Waals surface area contributed by atoms with Crippen LogP contribution in [0.4, 0.5) is 0 Å². The molecule has 2 aromatic carbocycles. The van der Waals surface area contributed by atoms with E-state index in [2.05, 4.69) is 24.3 Å². The summed E-state index contributed by atoms with van der Waals surface area (Å²) in [6.07, 6.45) is 0. The maximum atomic E-state index is 11.8. The highest BCUT2D eigenvalue weighted by Gasteiger charge is 2.25. The van der Waals surface area contributed by atoms with Crippen LogP contribution in [-0.2, 0) is 13.1 Å². The first-order valence-corrected chi connectivity index (χ1v) is 11.2. The lowest BCUT2D eigenvalue weighted by Crippen LogP contribution is -3.27. The third kappa shape index (κ3) is 4.83. The van der Waals surface area contributed by atoms with Crippen molar-refractivity contribution in [3.63, 3.8) is 0 Å². The molecule has 0 unspecified atom stereocenters. The molecule has 3 aromatic rings. The van der Waals surface area contributed by atoms with Gasteiger partial charge >= 0.3 is 0 Å². The van der Waals surface area contributed by atoms with Crippen molar-refractivity contribution in [2.45, 2.75) is 26.9 Å². The fraction of sp³-hybridized carbons (Fsp3) is 0.391. The Hall–Kier alpha value is -2.28. The van der Waals surface area contributed by atoms with E-state index in [1.807, 2.05) is 36.5 Å². The van der Waals surface area contributed by atoms with Gasteiger partial charge in [0.25, 0.3) is 0 Å². The molecule has 4 rings (SSSR count). The first-order valence-electron chi connectivity index (χ1n) is 10.4. The molecular weight excluding hydrogens is 382 g/mol. The van der Waals surface area contributed by atoms with Gasteiger partial charge in [-0.05, 0) is 44.2 Å². The van der Waals surface area contributed by atoms with Crippen LogP contribution in [0.1, 0.15) is 34.8 Å². The van der Waals surface area contributed by atoms with Crippen LogP contribution in [0.5, 0.6) is 5.75 Å². The second kappa shape index (κ2) is 9.03. The predicted molar refractivity (Wildman–Crippen MR) is 116 cm³/mol. The monoisotopic (exact) mass is 411 g/mol. The number of benzene rings is 2. The standard InChI is InChI=1S/C23H27N3O2S/c1-3-28-21-9-8-18(17(2)27)14-19(21)15-25-10-12-26(13-11-25)16-23-24-20-6-4-5-7-22(20)29-23/h4-9,14H,3,10-13,15-16H2,1-2H3/p+2. The average molecular weight is 412 g/mol. The molecule has 0 bridgehead atoms. The first-order chi connectivity index (χ1) is 14.1. The molecule has 1 aliphatic heterocycles. The summed E-state index contributed by atoms with van der Waals surface area (Å²) in [6, 6.07) is 14.2. The number of piperazine rings is 1. The minimum absolute atomic E-state index is 0.106. The Morgan fingerprint density at radius 3 is 2.48 bits per heavy atom. The quantitative estimate of drug-likeness (QED) is 0.578. The minimum Gasteiger partial charge on any atom is -0.493 e. The van der Waals surface area contributed by atoms with Crippen LogP contribution in [0.25, 0.3) is 10.2 Å². The Morgan fingerprint density at radius 1 is 1.07 bits per heavy atom. The van der Waals surface area contributed by atoms with E-state index in [9.17, 15) is 4.79 Å². The maximum Gasteiger partial charge on any atom is 0.159 e. The number of nitrogens with zero attached hydrogens (tertiary/aromatic N) is 1. The van der Waals surface area contributed by atoms with Gasteiger partial charge in [-0.1, -0.05) is 12.1 Å².